The van der Waals surface area contributed by atoms with Crippen molar-refractivity contribution in [1.29, 1.82) is 0 Å². The average molecular weight is 328 g/mol. The number of hydrogen-bond donors (Lipinski definition) is 0. The molecule has 2 aromatic rings. The molecule has 1 heterocycles. The van der Waals surface area contributed by atoms with Crippen LogP contribution in [0.15, 0.2) is 40.5 Å². The molecule has 2 rings (SSSR count). The molecular weight excluding hydrogens is 308 g/mol. The third-order valence-corrected chi connectivity index (χ3v) is 3.10. The van der Waals surface area contributed by atoms with Gasteiger partial charge in [-0.3, -0.25) is 4.79 Å². The van der Waals surface area contributed by atoms with E-state index in [1.807, 2.05) is 18.2 Å². The molecule has 126 valence electrons. The van der Waals surface area contributed by atoms with Gasteiger partial charge >= 0.3 is 5.97 Å². The summed E-state index contributed by atoms with van der Waals surface area (Å²) in [6.45, 7) is 6.94. The van der Waals surface area contributed by atoms with Crippen LogP contribution in [0.2, 0.25) is 0 Å². The van der Waals surface area contributed by atoms with Crippen molar-refractivity contribution in [1.82, 2.24) is 10.3 Å². The summed E-state index contributed by atoms with van der Waals surface area (Å²) in [5, 5.41) is 7.34. The second kappa shape index (κ2) is 7.21. The maximum Gasteiger partial charge on any atom is 0.342 e. The fourth-order valence-corrected chi connectivity index (χ4v) is 1.96. The van der Waals surface area contributed by atoms with E-state index in [0.717, 1.165) is 5.56 Å². The summed E-state index contributed by atoms with van der Waals surface area (Å²) < 4.78 is 9.95. The molecule has 1 aromatic heterocycles. The molecule has 6 nitrogen and oxygen atoms in total. The van der Waals surface area contributed by atoms with E-state index in [0.29, 0.717) is 11.4 Å². The first-order valence-electron chi connectivity index (χ1n) is 7.57. The van der Waals surface area contributed by atoms with Crippen LogP contribution in [0.4, 0.5) is 0 Å². The van der Waals surface area contributed by atoms with E-state index in [4.69, 9.17) is 4.74 Å². The fraction of sp³-hybridized carbons (Fsp3) is 0.333. The summed E-state index contributed by atoms with van der Waals surface area (Å²) in [4.78, 5) is 25.1. The van der Waals surface area contributed by atoms with Gasteiger partial charge in [0, 0.05) is 0 Å². The second-order valence-corrected chi connectivity index (χ2v) is 6.37. The first kappa shape index (κ1) is 17.6. The lowest BCUT2D eigenvalue weighted by Gasteiger charge is -2.20. The molecule has 0 N–H and O–H groups in total. The Morgan fingerprint density at radius 2 is 1.83 bits per heavy atom. The highest BCUT2D eigenvalue weighted by Crippen LogP contribution is 2.17. The van der Waals surface area contributed by atoms with Gasteiger partial charge in [-0.05, 0) is 39.3 Å². The number of carbonyl (C=O) groups excluding carboxylic acids is 2. The predicted molar refractivity (Wildman–Crippen MR) is 88.0 cm³/mol. The Balaban J connectivity index is 2.32. The molecule has 0 saturated heterocycles. The summed E-state index contributed by atoms with van der Waals surface area (Å²) in [7, 11) is 0. The quantitative estimate of drug-likeness (QED) is 0.363. The molecule has 0 radical (unpaired) electrons. The number of ether oxygens (including phenoxy) is 1. The number of aromatic nitrogens is 2. The predicted octanol–water partition coefficient (Wildman–Crippen LogP) is 2.91. The molecule has 0 unspecified atom stereocenters. The summed E-state index contributed by atoms with van der Waals surface area (Å²) in [6, 6.07) is 9.13. The summed E-state index contributed by atoms with van der Waals surface area (Å²) in [5.74, 6) is -1.06. The summed E-state index contributed by atoms with van der Waals surface area (Å²) >= 11 is 0. The van der Waals surface area contributed by atoms with E-state index in [1.54, 1.807) is 39.8 Å². The minimum atomic E-state index is -0.696. The van der Waals surface area contributed by atoms with Crippen LogP contribution < -0.4 is 0 Å². The third-order valence-electron chi connectivity index (χ3n) is 3.10. The van der Waals surface area contributed by atoms with Crippen molar-refractivity contribution in [3.63, 3.8) is 0 Å². The molecule has 0 fully saturated rings. The number of hydrogen-bond acceptors (Lipinski definition) is 6. The molecule has 0 aliphatic heterocycles. The van der Waals surface area contributed by atoms with Gasteiger partial charge in [0.15, 0.2) is 5.78 Å². The molecular formula is C18H20N2O4. The van der Waals surface area contributed by atoms with Crippen LogP contribution in [0.5, 0.6) is 0 Å². The third kappa shape index (κ3) is 4.87. The molecule has 0 spiro atoms. The van der Waals surface area contributed by atoms with Gasteiger partial charge in [-0.1, -0.05) is 40.6 Å². The monoisotopic (exact) mass is 328 g/mol. The lowest BCUT2D eigenvalue weighted by molar-refractivity contribution is -0.150. The van der Waals surface area contributed by atoms with E-state index in [1.165, 1.54) is 6.08 Å². The number of nitrogens with zero attached hydrogens (tertiary/aromatic N) is 2. The number of ketones is 1. The van der Waals surface area contributed by atoms with Crippen molar-refractivity contribution in [2.75, 3.05) is 0 Å². The molecule has 0 aliphatic rings. The van der Waals surface area contributed by atoms with E-state index in [-0.39, 0.29) is 12.0 Å². The number of rotatable bonds is 5. The molecule has 0 saturated carbocycles. The highest BCUT2D eigenvalue weighted by atomic mass is 16.6. The fourth-order valence-electron chi connectivity index (χ4n) is 1.96. The number of esters is 1. The smallest absolute Gasteiger partial charge is 0.342 e. The Bertz CT molecular complexity index is 755. The molecule has 0 amide bonds. The lowest BCUT2D eigenvalue weighted by atomic mass is 10.0. The molecule has 0 bridgehead atoms. The largest absolute Gasteiger partial charge is 0.456 e. The van der Waals surface area contributed by atoms with Gasteiger partial charge < -0.3 is 4.74 Å². The number of Topliss-reactive ketones (excluding diaryl/α,β-unsaturated/α-hetero) is 1. The number of carbonyl (C=O) groups is 2. The zero-order chi connectivity index (χ0) is 17.7. The van der Waals surface area contributed by atoms with Gasteiger partial charge in [-0.2, -0.15) is 0 Å². The second-order valence-electron chi connectivity index (χ2n) is 6.37. The zero-order valence-electron chi connectivity index (χ0n) is 14.2. The molecule has 24 heavy (non-hydrogen) atoms. The van der Waals surface area contributed by atoms with E-state index >= 15 is 0 Å². The molecule has 0 aliphatic carbocycles. The maximum atomic E-state index is 12.6. The van der Waals surface area contributed by atoms with Crippen LogP contribution in [-0.2, 0) is 20.7 Å². The van der Waals surface area contributed by atoms with E-state index in [9.17, 15) is 9.59 Å². The highest BCUT2D eigenvalue weighted by molar-refractivity contribution is 6.21. The number of aryl methyl sites for hydroxylation is 1. The van der Waals surface area contributed by atoms with Gasteiger partial charge in [0.05, 0.1) is 6.42 Å². The van der Waals surface area contributed by atoms with Gasteiger partial charge in [-0.25, -0.2) is 9.42 Å². The Hall–Kier alpha value is -2.76. The van der Waals surface area contributed by atoms with Crippen LogP contribution in [0.1, 0.15) is 37.7 Å². The van der Waals surface area contributed by atoms with Gasteiger partial charge in [0.1, 0.15) is 22.6 Å². The SMILES string of the molecule is Cc1nonc1CC(=O)/C(=C/c1ccccc1)C(=O)OC(C)(C)C. The normalized spacial score (nSPS) is 12.1. The van der Waals surface area contributed by atoms with Crippen LogP contribution in [-0.4, -0.2) is 27.7 Å². The number of benzene rings is 1. The molecule has 6 heteroatoms. The molecule has 1 aromatic carbocycles. The molecule has 0 atom stereocenters. The minimum absolute atomic E-state index is 0.0291. The minimum Gasteiger partial charge on any atom is -0.456 e. The van der Waals surface area contributed by atoms with Crippen LogP contribution in [0, 0.1) is 6.92 Å². The van der Waals surface area contributed by atoms with Crippen LogP contribution in [0.25, 0.3) is 6.08 Å². The van der Waals surface area contributed by atoms with E-state index < -0.39 is 17.4 Å². The summed E-state index contributed by atoms with van der Waals surface area (Å²) in [5.41, 5.74) is 0.938. The first-order valence-corrected chi connectivity index (χ1v) is 7.57. The summed E-state index contributed by atoms with van der Waals surface area (Å²) in [6.07, 6.45) is 1.45. The zero-order valence-corrected chi connectivity index (χ0v) is 14.2. The van der Waals surface area contributed by atoms with Crippen molar-refractivity contribution in [2.45, 2.75) is 39.7 Å². The first-order chi connectivity index (χ1) is 11.3. The van der Waals surface area contributed by atoms with Gasteiger partial charge in [-0.15, -0.1) is 0 Å². The van der Waals surface area contributed by atoms with E-state index in [2.05, 4.69) is 14.9 Å². The van der Waals surface area contributed by atoms with Gasteiger partial charge in [0.2, 0.25) is 0 Å². The Labute approximate surface area is 140 Å². The Morgan fingerprint density at radius 1 is 1.17 bits per heavy atom. The standard InChI is InChI=1S/C18H20N2O4/c1-12-15(20-24-19-12)11-16(21)14(17(22)23-18(2,3)4)10-13-8-6-5-7-9-13/h5-10H,11H2,1-4H3/b14-10-. The highest BCUT2D eigenvalue weighted by Gasteiger charge is 2.26. The van der Waals surface area contributed by atoms with Crippen molar-refractivity contribution in [3.8, 4) is 0 Å². The van der Waals surface area contributed by atoms with Crippen molar-refractivity contribution < 1.29 is 19.0 Å². The van der Waals surface area contributed by atoms with Gasteiger partial charge in [0.25, 0.3) is 0 Å². The average Bonchev–Trinajstić information content (AvgIpc) is 2.89. The van der Waals surface area contributed by atoms with Crippen molar-refractivity contribution >= 4 is 17.8 Å². The Kier molecular flexibility index (Phi) is 5.28. The Morgan fingerprint density at radius 3 is 2.38 bits per heavy atom. The van der Waals surface area contributed by atoms with Crippen molar-refractivity contribution in [3.05, 3.63) is 52.9 Å². The maximum absolute atomic E-state index is 12.6. The van der Waals surface area contributed by atoms with Crippen LogP contribution >= 0.6 is 0 Å². The topological polar surface area (TPSA) is 82.3 Å². The lowest BCUT2D eigenvalue weighted by Crippen LogP contribution is -2.27. The van der Waals surface area contributed by atoms with Crippen molar-refractivity contribution in [2.24, 2.45) is 0 Å². The van der Waals surface area contributed by atoms with Crippen LogP contribution in [0.3, 0.4) is 0 Å².